The van der Waals surface area contributed by atoms with Gasteiger partial charge in [0.05, 0.1) is 5.69 Å². The molecule has 2 aromatic rings. The van der Waals surface area contributed by atoms with E-state index in [2.05, 4.69) is 46.5 Å². The molecule has 82 valence electrons. The summed E-state index contributed by atoms with van der Waals surface area (Å²) < 4.78 is 0. The molecular weight excluding hydrogens is 198 g/mol. The Morgan fingerprint density at radius 2 is 1.88 bits per heavy atom. The van der Waals surface area contributed by atoms with Gasteiger partial charge in [0.25, 0.3) is 0 Å². The van der Waals surface area contributed by atoms with Gasteiger partial charge in [-0.15, -0.1) is 0 Å². The molecule has 1 aromatic heterocycles. The highest BCUT2D eigenvalue weighted by molar-refractivity contribution is 5.21. The van der Waals surface area contributed by atoms with Gasteiger partial charge in [-0.3, -0.25) is 9.97 Å². The summed E-state index contributed by atoms with van der Waals surface area (Å²) in [5.41, 5.74) is 3.54. The number of hydrogen-bond acceptors (Lipinski definition) is 3. The van der Waals surface area contributed by atoms with Gasteiger partial charge >= 0.3 is 0 Å². The number of nitrogens with one attached hydrogen (secondary N) is 1. The summed E-state index contributed by atoms with van der Waals surface area (Å²) >= 11 is 0. The number of hydrogen-bond donors (Lipinski definition) is 1. The summed E-state index contributed by atoms with van der Waals surface area (Å²) in [4.78, 5) is 8.22. The monoisotopic (exact) mass is 213 g/mol. The molecule has 2 rings (SSSR count). The average Bonchev–Trinajstić information content (AvgIpc) is 2.33. The van der Waals surface area contributed by atoms with Gasteiger partial charge in [-0.05, 0) is 12.5 Å². The highest BCUT2D eigenvalue weighted by Crippen LogP contribution is 2.02. The highest BCUT2D eigenvalue weighted by atomic mass is 14.9. The van der Waals surface area contributed by atoms with Crippen molar-refractivity contribution in [1.82, 2.24) is 15.3 Å². The van der Waals surface area contributed by atoms with Crippen molar-refractivity contribution < 1.29 is 0 Å². The number of aromatic nitrogens is 2. The van der Waals surface area contributed by atoms with Crippen molar-refractivity contribution in [2.24, 2.45) is 0 Å². The Hall–Kier alpha value is -1.74. The van der Waals surface area contributed by atoms with Gasteiger partial charge in [-0.25, -0.2) is 0 Å². The SMILES string of the molecule is Cc1ccc(CNCc2cnccn2)cc1. The topological polar surface area (TPSA) is 37.8 Å². The van der Waals surface area contributed by atoms with Gasteiger partial charge in [-0.1, -0.05) is 29.8 Å². The summed E-state index contributed by atoms with van der Waals surface area (Å²) in [6, 6.07) is 8.52. The minimum Gasteiger partial charge on any atom is -0.307 e. The lowest BCUT2D eigenvalue weighted by Crippen LogP contribution is -2.13. The smallest absolute Gasteiger partial charge is 0.0724 e. The number of nitrogens with zero attached hydrogens (tertiary/aromatic N) is 2. The van der Waals surface area contributed by atoms with Crippen LogP contribution in [0.15, 0.2) is 42.9 Å². The maximum Gasteiger partial charge on any atom is 0.0724 e. The minimum absolute atomic E-state index is 0.752. The fourth-order valence-corrected chi connectivity index (χ4v) is 1.46. The van der Waals surface area contributed by atoms with Crippen molar-refractivity contribution in [3.63, 3.8) is 0 Å². The quantitative estimate of drug-likeness (QED) is 0.845. The fraction of sp³-hybridized carbons (Fsp3) is 0.231. The molecular formula is C13H15N3. The van der Waals surface area contributed by atoms with E-state index in [0.717, 1.165) is 18.8 Å². The van der Waals surface area contributed by atoms with Crippen LogP contribution in [0.4, 0.5) is 0 Å². The van der Waals surface area contributed by atoms with Crippen molar-refractivity contribution in [3.05, 3.63) is 59.7 Å². The molecule has 0 aliphatic rings. The van der Waals surface area contributed by atoms with Gasteiger partial charge in [0.2, 0.25) is 0 Å². The van der Waals surface area contributed by atoms with Crippen LogP contribution in [0.3, 0.4) is 0 Å². The molecule has 0 atom stereocenters. The first kappa shape index (κ1) is 10.8. The third-order valence-electron chi connectivity index (χ3n) is 2.37. The zero-order valence-electron chi connectivity index (χ0n) is 9.35. The van der Waals surface area contributed by atoms with Gasteiger partial charge < -0.3 is 5.32 Å². The summed E-state index contributed by atoms with van der Waals surface area (Å²) in [5.74, 6) is 0. The Balaban J connectivity index is 1.82. The molecule has 1 heterocycles. The normalized spacial score (nSPS) is 10.3. The third kappa shape index (κ3) is 3.14. The first-order valence-corrected chi connectivity index (χ1v) is 5.36. The predicted molar refractivity (Wildman–Crippen MR) is 63.8 cm³/mol. The molecule has 0 spiro atoms. The standard InChI is InChI=1S/C13H15N3/c1-11-2-4-12(5-3-11)8-15-10-13-9-14-6-7-16-13/h2-7,9,15H,8,10H2,1H3. The first-order chi connectivity index (χ1) is 7.84. The molecule has 1 aromatic carbocycles. The predicted octanol–water partition coefficient (Wildman–Crippen LogP) is 2.07. The van der Waals surface area contributed by atoms with Crippen LogP contribution in [0.5, 0.6) is 0 Å². The molecule has 0 saturated carbocycles. The van der Waals surface area contributed by atoms with Crippen molar-refractivity contribution in [3.8, 4) is 0 Å². The Bertz CT molecular complexity index is 423. The Kier molecular flexibility index (Phi) is 3.62. The molecule has 1 N–H and O–H groups in total. The van der Waals surface area contributed by atoms with Gasteiger partial charge in [0.15, 0.2) is 0 Å². The molecule has 0 unspecified atom stereocenters. The van der Waals surface area contributed by atoms with E-state index in [1.54, 1.807) is 18.6 Å². The Morgan fingerprint density at radius 3 is 2.56 bits per heavy atom. The molecule has 0 saturated heterocycles. The second-order valence-corrected chi connectivity index (χ2v) is 3.79. The van der Waals surface area contributed by atoms with E-state index in [0.29, 0.717) is 0 Å². The van der Waals surface area contributed by atoms with Gasteiger partial charge in [-0.2, -0.15) is 0 Å². The van der Waals surface area contributed by atoms with Crippen molar-refractivity contribution in [2.45, 2.75) is 20.0 Å². The molecule has 3 nitrogen and oxygen atoms in total. The number of rotatable bonds is 4. The zero-order valence-corrected chi connectivity index (χ0v) is 9.35. The van der Waals surface area contributed by atoms with Crippen molar-refractivity contribution >= 4 is 0 Å². The maximum atomic E-state index is 4.20. The van der Waals surface area contributed by atoms with Crippen LogP contribution in [0.2, 0.25) is 0 Å². The van der Waals surface area contributed by atoms with Crippen LogP contribution in [-0.2, 0) is 13.1 Å². The lowest BCUT2D eigenvalue weighted by molar-refractivity contribution is 0.676. The Labute approximate surface area is 95.6 Å². The molecule has 0 amide bonds. The van der Waals surface area contributed by atoms with E-state index in [9.17, 15) is 0 Å². The lowest BCUT2D eigenvalue weighted by atomic mass is 10.1. The lowest BCUT2D eigenvalue weighted by Gasteiger charge is -2.04. The summed E-state index contributed by atoms with van der Waals surface area (Å²) in [6.07, 6.45) is 5.18. The third-order valence-corrected chi connectivity index (χ3v) is 2.37. The van der Waals surface area contributed by atoms with Crippen LogP contribution in [0.1, 0.15) is 16.8 Å². The van der Waals surface area contributed by atoms with E-state index in [1.807, 2.05) is 0 Å². The second kappa shape index (κ2) is 5.37. The van der Waals surface area contributed by atoms with Crippen LogP contribution in [0, 0.1) is 6.92 Å². The van der Waals surface area contributed by atoms with E-state index in [4.69, 9.17) is 0 Å². The van der Waals surface area contributed by atoms with Crippen LogP contribution < -0.4 is 5.32 Å². The largest absolute Gasteiger partial charge is 0.307 e. The molecule has 0 fully saturated rings. The first-order valence-electron chi connectivity index (χ1n) is 5.36. The molecule has 16 heavy (non-hydrogen) atoms. The molecule has 0 aliphatic heterocycles. The van der Waals surface area contributed by atoms with E-state index < -0.39 is 0 Å². The zero-order chi connectivity index (χ0) is 11.2. The van der Waals surface area contributed by atoms with E-state index in [-0.39, 0.29) is 0 Å². The fourth-order valence-electron chi connectivity index (χ4n) is 1.46. The summed E-state index contributed by atoms with van der Waals surface area (Å²) in [6.45, 7) is 3.70. The van der Waals surface area contributed by atoms with E-state index in [1.165, 1.54) is 11.1 Å². The number of benzene rings is 1. The van der Waals surface area contributed by atoms with Gasteiger partial charge in [0, 0.05) is 31.7 Å². The molecule has 0 radical (unpaired) electrons. The molecule has 0 bridgehead atoms. The van der Waals surface area contributed by atoms with Crippen LogP contribution in [-0.4, -0.2) is 9.97 Å². The van der Waals surface area contributed by atoms with E-state index >= 15 is 0 Å². The summed E-state index contributed by atoms with van der Waals surface area (Å²) in [5, 5.41) is 3.33. The van der Waals surface area contributed by atoms with Crippen LogP contribution in [0.25, 0.3) is 0 Å². The maximum absolute atomic E-state index is 4.20. The van der Waals surface area contributed by atoms with Crippen molar-refractivity contribution in [2.75, 3.05) is 0 Å². The minimum atomic E-state index is 0.752. The molecule has 3 heteroatoms. The number of aryl methyl sites for hydroxylation is 1. The van der Waals surface area contributed by atoms with Crippen LogP contribution >= 0.6 is 0 Å². The summed E-state index contributed by atoms with van der Waals surface area (Å²) in [7, 11) is 0. The highest BCUT2D eigenvalue weighted by Gasteiger charge is 1.94. The second-order valence-electron chi connectivity index (χ2n) is 3.79. The average molecular weight is 213 g/mol. The molecule has 0 aliphatic carbocycles. The van der Waals surface area contributed by atoms with Gasteiger partial charge in [0.1, 0.15) is 0 Å². The Morgan fingerprint density at radius 1 is 1.06 bits per heavy atom. The van der Waals surface area contributed by atoms with Crippen molar-refractivity contribution in [1.29, 1.82) is 0 Å².